The van der Waals surface area contributed by atoms with Crippen molar-refractivity contribution in [3.05, 3.63) is 93.5 Å². The van der Waals surface area contributed by atoms with Crippen molar-refractivity contribution in [3.8, 4) is 28.8 Å². The monoisotopic (exact) mass is 918 g/mol. The average molecular weight is 919 g/mol. The molecule has 5 aromatic rings. The van der Waals surface area contributed by atoms with Crippen LogP contribution < -0.4 is 19.7 Å². The number of hydrogen-bond donors (Lipinski definition) is 1. The van der Waals surface area contributed by atoms with Gasteiger partial charge in [-0.25, -0.2) is 8.78 Å². The zero-order valence-corrected chi connectivity index (χ0v) is 37.9. The molecule has 1 spiro atoms. The molecule has 0 atom stereocenters. The first-order valence-electron chi connectivity index (χ1n) is 23.2. The van der Waals surface area contributed by atoms with Gasteiger partial charge in [0.1, 0.15) is 17.9 Å². The Labute approximate surface area is 387 Å². The second-order valence-corrected chi connectivity index (χ2v) is 19.3. The van der Waals surface area contributed by atoms with E-state index in [2.05, 4.69) is 36.3 Å². The fraction of sp³-hybridized carbons (Fsp3) is 0.490. The topological polar surface area (TPSA) is 156 Å². The van der Waals surface area contributed by atoms with Crippen molar-refractivity contribution in [1.82, 2.24) is 40.0 Å². The van der Waals surface area contributed by atoms with Crippen LogP contribution in [0.5, 0.6) is 11.6 Å². The SMILES string of the molecule is CC(=O)N1CCc2c(c(N3CCCc4cc(-c5cnn(C)c5)c(C(F)F)cc43)nn2C2CCC3(CC2)CC(Oc2ccc(C(=O)NC4CCC(Oc5ccc(C#N)c(Cl)c5)CC4)nn2)C3)C1. The quantitative estimate of drug-likeness (QED) is 0.144. The first-order valence-corrected chi connectivity index (χ1v) is 23.5. The summed E-state index contributed by atoms with van der Waals surface area (Å²) in [6.45, 7) is 3.32. The molecular formula is C49H53ClF2N10O4. The number of carbonyl (C=O) groups is 2. The summed E-state index contributed by atoms with van der Waals surface area (Å²) in [4.78, 5) is 29.7. The average Bonchev–Trinajstić information content (AvgIpc) is 3.92. The summed E-state index contributed by atoms with van der Waals surface area (Å²) in [5.41, 5.74) is 5.91. The number of fused-ring (bicyclic) bond motifs is 2. The van der Waals surface area contributed by atoms with Gasteiger partial charge in [-0.1, -0.05) is 11.6 Å². The van der Waals surface area contributed by atoms with E-state index in [4.69, 9.17) is 31.4 Å². The lowest BCUT2D eigenvalue weighted by Crippen LogP contribution is -2.46. The predicted octanol–water partition coefficient (Wildman–Crippen LogP) is 8.99. The van der Waals surface area contributed by atoms with E-state index < -0.39 is 6.43 Å². The maximum atomic E-state index is 14.7. The number of aryl methyl sites for hydroxylation is 2. The molecular weight excluding hydrogens is 866 g/mol. The van der Waals surface area contributed by atoms with Gasteiger partial charge in [0.2, 0.25) is 11.8 Å². The first-order chi connectivity index (χ1) is 31.9. The number of ether oxygens (including phenoxy) is 2. The van der Waals surface area contributed by atoms with E-state index in [0.29, 0.717) is 59.4 Å². The molecule has 3 saturated carbocycles. The lowest BCUT2D eigenvalue weighted by Gasteiger charge is -2.51. The minimum absolute atomic E-state index is 0.00183. The Bertz CT molecular complexity index is 2670. The van der Waals surface area contributed by atoms with Crippen molar-refractivity contribution in [2.24, 2.45) is 12.5 Å². The highest BCUT2D eigenvalue weighted by atomic mass is 35.5. The van der Waals surface area contributed by atoms with Crippen molar-refractivity contribution in [3.63, 3.8) is 0 Å². The number of hydrogen-bond acceptors (Lipinski definition) is 10. The molecule has 3 fully saturated rings. The zero-order valence-electron chi connectivity index (χ0n) is 37.2. The fourth-order valence-corrected chi connectivity index (χ4v) is 11.3. The molecule has 2 aromatic carbocycles. The van der Waals surface area contributed by atoms with Crippen molar-refractivity contribution in [2.75, 3.05) is 18.0 Å². The Balaban J connectivity index is 0.752. The Morgan fingerprint density at radius 1 is 0.970 bits per heavy atom. The summed E-state index contributed by atoms with van der Waals surface area (Å²) in [5.74, 6) is 1.55. The van der Waals surface area contributed by atoms with E-state index in [1.54, 1.807) is 67.4 Å². The maximum Gasteiger partial charge on any atom is 0.272 e. The Morgan fingerprint density at radius 3 is 2.45 bits per heavy atom. The van der Waals surface area contributed by atoms with Gasteiger partial charge in [-0.15, -0.1) is 10.2 Å². The number of anilines is 2. The van der Waals surface area contributed by atoms with Crippen LogP contribution in [-0.4, -0.2) is 77.8 Å². The van der Waals surface area contributed by atoms with E-state index >= 15 is 0 Å². The summed E-state index contributed by atoms with van der Waals surface area (Å²) in [5, 5.41) is 30.6. The molecule has 2 amide bonds. The van der Waals surface area contributed by atoms with Crippen LogP contribution in [0.2, 0.25) is 5.02 Å². The van der Waals surface area contributed by atoms with Crippen LogP contribution >= 0.6 is 11.6 Å². The normalized spacial score (nSPS) is 23.7. The Kier molecular flexibility index (Phi) is 11.9. The smallest absolute Gasteiger partial charge is 0.272 e. The van der Waals surface area contributed by atoms with Gasteiger partial charge in [0.15, 0.2) is 11.5 Å². The number of nitrogens with one attached hydrogen (secondary N) is 1. The van der Waals surface area contributed by atoms with Gasteiger partial charge in [-0.3, -0.25) is 19.0 Å². The Hall–Kier alpha value is -6.08. The molecule has 5 heterocycles. The number of halogens is 3. The number of nitrogens with zero attached hydrogens (tertiary/aromatic N) is 9. The minimum atomic E-state index is -2.67. The molecule has 17 heteroatoms. The van der Waals surface area contributed by atoms with Crippen molar-refractivity contribution in [2.45, 2.75) is 128 Å². The van der Waals surface area contributed by atoms with Gasteiger partial charge in [0.05, 0.1) is 35.5 Å². The fourth-order valence-electron chi connectivity index (χ4n) is 11.0. The molecule has 5 aliphatic rings. The third-order valence-corrected chi connectivity index (χ3v) is 14.9. The standard InChI is InChI=1S/C49H53ClF2N10O4/c1-29(63)60-19-15-43-40(28-60)47(61-18-3-4-30-20-38(32-26-54-59(2)27-32)39(46(51)52)22-44(30)61)58-62(43)34-13-16-49(17-14-34)23-37(24-49)66-45-12-11-42(56-57-45)48(64)55-33-6-9-35(10-7-33)65-36-8-5-31(25-53)41(50)21-36/h5,8,11-12,20-22,26-27,33-35,37,46H,3-4,6-7,9-10,13-19,23-24,28H2,1-2H3,(H,55,64). The molecule has 344 valence electrons. The second kappa shape index (κ2) is 18.0. The second-order valence-electron chi connectivity index (χ2n) is 18.9. The number of carbonyl (C=O) groups excluding carboxylic acids is 2. The number of aromatic nitrogens is 6. The minimum Gasteiger partial charge on any atom is -0.490 e. The van der Waals surface area contributed by atoms with E-state index in [1.165, 1.54) is 0 Å². The van der Waals surface area contributed by atoms with Gasteiger partial charge in [0, 0.05) is 85.9 Å². The molecule has 0 bridgehead atoms. The number of nitriles is 1. The molecule has 14 nitrogen and oxygen atoms in total. The highest BCUT2D eigenvalue weighted by molar-refractivity contribution is 6.31. The predicted molar refractivity (Wildman–Crippen MR) is 242 cm³/mol. The lowest BCUT2D eigenvalue weighted by molar-refractivity contribution is -0.129. The number of rotatable bonds is 10. The van der Waals surface area contributed by atoms with Gasteiger partial charge in [-0.2, -0.15) is 15.5 Å². The molecule has 66 heavy (non-hydrogen) atoms. The highest BCUT2D eigenvalue weighted by Crippen LogP contribution is 2.55. The number of amides is 2. The van der Waals surface area contributed by atoms with Gasteiger partial charge in [0.25, 0.3) is 12.3 Å². The summed E-state index contributed by atoms with van der Waals surface area (Å²) in [7, 11) is 1.78. The summed E-state index contributed by atoms with van der Waals surface area (Å²) in [6.07, 6.45) is 12.0. The highest BCUT2D eigenvalue weighted by Gasteiger charge is 2.48. The van der Waals surface area contributed by atoms with Crippen LogP contribution in [0.15, 0.2) is 54.9 Å². The van der Waals surface area contributed by atoms with Gasteiger partial charge in [-0.05, 0) is 124 Å². The van der Waals surface area contributed by atoms with Crippen LogP contribution in [0.25, 0.3) is 11.1 Å². The van der Waals surface area contributed by atoms with Gasteiger partial charge < -0.3 is 24.6 Å². The number of benzene rings is 2. The lowest BCUT2D eigenvalue weighted by atomic mass is 9.58. The summed E-state index contributed by atoms with van der Waals surface area (Å²) in [6, 6.07) is 14.3. The molecule has 0 saturated heterocycles. The molecule has 10 rings (SSSR count). The van der Waals surface area contributed by atoms with E-state index in [-0.39, 0.29) is 52.8 Å². The molecule has 0 radical (unpaired) electrons. The van der Waals surface area contributed by atoms with Gasteiger partial charge >= 0.3 is 0 Å². The summed E-state index contributed by atoms with van der Waals surface area (Å²) < 4.78 is 45.7. The largest absolute Gasteiger partial charge is 0.490 e. The summed E-state index contributed by atoms with van der Waals surface area (Å²) >= 11 is 6.16. The van der Waals surface area contributed by atoms with Crippen LogP contribution in [-0.2, 0) is 31.2 Å². The molecule has 1 N–H and O–H groups in total. The van der Waals surface area contributed by atoms with Crippen LogP contribution in [0.4, 0.5) is 20.3 Å². The molecule has 0 unspecified atom stereocenters. The van der Waals surface area contributed by atoms with Crippen molar-refractivity contribution >= 4 is 34.9 Å². The van der Waals surface area contributed by atoms with E-state index in [1.807, 2.05) is 11.0 Å². The first kappa shape index (κ1) is 43.8. The maximum absolute atomic E-state index is 14.7. The van der Waals surface area contributed by atoms with E-state index in [0.717, 1.165) is 105 Å². The Morgan fingerprint density at radius 2 is 1.77 bits per heavy atom. The van der Waals surface area contributed by atoms with Crippen molar-refractivity contribution < 1.29 is 27.8 Å². The third kappa shape index (κ3) is 8.69. The molecule has 3 aromatic heterocycles. The van der Waals surface area contributed by atoms with Crippen LogP contribution in [0.3, 0.4) is 0 Å². The van der Waals surface area contributed by atoms with Crippen molar-refractivity contribution in [1.29, 1.82) is 5.26 Å². The molecule has 3 aliphatic carbocycles. The van der Waals surface area contributed by atoms with E-state index in [9.17, 15) is 18.4 Å². The third-order valence-electron chi connectivity index (χ3n) is 14.6. The zero-order chi connectivity index (χ0) is 45.7. The number of alkyl halides is 2. The molecule has 2 aliphatic heterocycles. The van der Waals surface area contributed by atoms with Crippen LogP contribution in [0, 0.1) is 16.7 Å². The van der Waals surface area contributed by atoms with Crippen LogP contribution in [0.1, 0.15) is 128 Å².